The van der Waals surface area contributed by atoms with Gasteiger partial charge in [-0.1, -0.05) is 35.9 Å². The largest absolute Gasteiger partial charge is 0.482 e. The number of anilines is 1. The van der Waals surface area contributed by atoms with Crippen molar-refractivity contribution in [1.29, 1.82) is 0 Å². The van der Waals surface area contributed by atoms with Gasteiger partial charge in [0.1, 0.15) is 5.75 Å². The molecule has 0 unspecified atom stereocenters. The van der Waals surface area contributed by atoms with Crippen molar-refractivity contribution in [3.8, 4) is 5.75 Å². The van der Waals surface area contributed by atoms with Crippen LogP contribution in [0.15, 0.2) is 41.3 Å². The Balaban J connectivity index is 1.44. The average Bonchev–Trinajstić information content (AvgIpc) is 2.72. The number of aryl methyl sites for hydroxylation is 1. The minimum absolute atomic E-state index is 0.0267. The number of hydrogen-bond acceptors (Lipinski definition) is 5. The van der Waals surface area contributed by atoms with Gasteiger partial charge < -0.3 is 15.4 Å². The topological polar surface area (TPSA) is 102 Å². The molecule has 2 N–H and O–H groups in total. The van der Waals surface area contributed by atoms with Crippen molar-refractivity contribution in [3.05, 3.63) is 52.5 Å². The van der Waals surface area contributed by atoms with Crippen LogP contribution in [0.4, 0.5) is 5.69 Å². The van der Waals surface area contributed by atoms with Crippen LogP contribution >= 0.6 is 11.6 Å². The zero-order chi connectivity index (χ0) is 21.3. The highest BCUT2D eigenvalue weighted by atomic mass is 35.5. The van der Waals surface area contributed by atoms with Gasteiger partial charge in [-0.15, -0.1) is 0 Å². The van der Waals surface area contributed by atoms with Crippen molar-refractivity contribution >= 4 is 38.9 Å². The third-order valence-electron chi connectivity index (χ3n) is 5.30. The zero-order valence-corrected chi connectivity index (χ0v) is 17.7. The molecule has 7 nitrogen and oxygen atoms in total. The van der Waals surface area contributed by atoms with Gasteiger partial charge in [-0.3, -0.25) is 9.59 Å². The summed E-state index contributed by atoms with van der Waals surface area (Å²) in [7, 11) is -3.82. The summed E-state index contributed by atoms with van der Waals surface area (Å²) in [6, 6.07) is 10.5. The van der Waals surface area contributed by atoms with Crippen LogP contribution in [0.5, 0.6) is 5.75 Å². The lowest BCUT2D eigenvalue weighted by atomic mass is 9.88. The molecule has 2 aromatic carbocycles. The first-order valence-electron chi connectivity index (χ1n) is 9.69. The Morgan fingerprint density at radius 1 is 1.27 bits per heavy atom. The molecule has 0 bridgehead atoms. The summed E-state index contributed by atoms with van der Waals surface area (Å²) in [6.45, 7) is -0.195. The quantitative estimate of drug-likeness (QED) is 0.732. The summed E-state index contributed by atoms with van der Waals surface area (Å²) in [6.07, 6.45) is 2.61. The molecule has 0 aromatic heterocycles. The van der Waals surface area contributed by atoms with Crippen molar-refractivity contribution in [2.24, 2.45) is 0 Å². The molecule has 2 aromatic rings. The van der Waals surface area contributed by atoms with Crippen LogP contribution in [-0.4, -0.2) is 32.6 Å². The van der Waals surface area contributed by atoms with Gasteiger partial charge in [0, 0.05) is 12.5 Å². The van der Waals surface area contributed by atoms with Gasteiger partial charge in [0.25, 0.3) is 5.91 Å². The molecule has 2 aliphatic rings. The number of carbonyl (C=O) groups excluding carboxylic acids is 2. The average molecular weight is 449 g/mol. The van der Waals surface area contributed by atoms with Gasteiger partial charge in [0.15, 0.2) is 16.4 Å². The molecule has 158 valence electrons. The summed E-state index contributed by atoms with van der Waals surface area (Å²) in [5, 5.41) is 5.51. The predicted molar refractivity (Wildman–Crippen MR) is 113 cm³/mol. The Morgan fingerprint density at radius 3 is 2.90 bits per heavy atom. The zero-order valence-electron chi connectivity index (χ0n) is 16.1. The lowest BCUT2D eigenvalue weighted by molar-refractivity contribution is -0.121. The third kappa shape index (κ3) is 4.29. The van der Waals surface area contributed by atoms with E-state index in [0.29, 0.717) is 5.69 Å². The van der Waals surface area contributed by atoms with Crippen molar-refractivity contribution in [2.75, 3.05) is 17.7 Å². The molecular weight excluding hydrogens is 428 g/mol. The highest BCUT2D eigenvalue weighted by Gasteiger charge is 2.26. The minimum atomic E-state index is -3.82. The number of fused-ring (bicyclic) bond motifs is 2. The Morgan fingerprint density at radius 2 is 2.07 bits per heavy atom. The van der Waals surface area contributed by atoms with Crippen LogP contribution in [0.25, 0.3) is 0 Å². The maximum Gasteiger partial charge on any atom is 0.262 e. The van der Waals surface area contributed by atoms with Crippen molar-refractivity contribution < 1.29 is 22.7 Å². The molecule has 0 radical (unpaired) electrons. The summed E-state index contributed by atoms with van der Waals surface area (Å²) < 4.78 is 30.9. The molecule has 0 saturated heterocycles. The fourth-order valence-electron chi connectivity index (χ4n) is 3.83. The molecule has 1 heterocycles. The number of ether oxygens (including phenoxy) is 1. The minimum Gasteiger partial charge on any atom is -0.482 e. The summed E-state index contributed by atoms with van der Waals surface area (Å²) in [4.78, 5) is 23.8. The summed E-state index contributed by atoms with van der Waals surface area (Å²) in [5.41, 5.74) is 2.63. The Hall–Kier alpha value is -2.58. The number of halogens is 1. The molecule has 2 amide bonds. The number of hydrogen-bond donors (Lipinski definition) is 2. The number of rotatable bonds is 5. The van der Waals surface area contributed by atoms with E-state index in [1.807, 2.05) is 18.2 Å². The molecule has 9 heteroatoms. The second-order valence-corrected chi connectivity index (χ2v) is 9.88. The molecule has 0 fully saturated rings. The van der Waals surface area contributed by atoms with Crippen LogP contribution in [0.3, 0.4) is 0 Å². The predicted octanol–water partition coefficient (Wildman–Crippen LogP) is 3.03. The van der Waals surface area contributed by atoms with Gasteiger partial charge in [-0.2, -0.15) is 0 Å². The molecule has 0 spiro atoms. The van der Waals surface area contributed by atoms with E-state index in [4.69, 9.17) is 16.3 Å². The monoisotopic (exact) mass is 448 g/mol. The van der Waals surface area contributed by atoms with E-state index in [2.05, 4.69) is 16.7 Å². The fraction of sp³-hybridized carbons (Fsp3) is 0.333. The maximum atomic E-state index is 12.8. The van der Waals surface area contributed by atoms with E-state index in [-0.39, 0.29) is 52.3 Å². The van der Waals surface area contributed by atoms with Gasteiger partial charge in [0.05, 0.1) is 27.4 Å². The lowest BCUT2D eigenvalue weighted by Crippen LogP contribution is -2.32. The molecule has 4 rings (SSSR count). The smallest absolute Gasteiger partial charge is 0.262 e. The van der Waals surface area contributed by atoms with E-state index in [1.165, 1.54) is 17.7 Å². The Kier molecular flexibility index (Phi) is 5.71. The lowest BCUT2D eigenvalue weighted by Gasteiger charge is -2.26. The molecule has 1 aliphatic carbocycles. The highest BCUT2D eigenvalue weighted by Crippen LogP contribution is 2.36. The third-order valence-corrected chi connectivity index (χ3v) is 7.48. The van der Waals surface area contributed by atoms with E-state index in [0.717, 1.165) is 24.8 Å². The summed E-state index contributed by atoms with van der Waals surface area (Å²) in [5.74, 6) is -0.799. The van der Waals surface area contributed by atoms with E-state index in [9.17, 15) is 18.0 Å². The second-order valence-electron chi connectivity index (χ2n) is 7.40. The SMILES string of the molecule is O=C1COc2cc(S(=O)(=O)CCC(=O)N[C@@H]3CCCc4ccccc43)c(Cl)cc2N1. The second kappa shape index (κ2) is 8.28. The van der Waals surface area contributed by atoms with Crippen molar-refractivity contribution in [2.45, 2.75) is 36.6 Å². The fourth-order valence-corrected chi connectivity index (χ4v) is 5.66. The Labute approximate surface area is 179 Å². The number of carbonyl (C=O) groups is 2. The number of nitrogens with one attached hydrogen (secondary N) is 2. The number of sulfone groups is 1. The first-order valence-corrected chi connectivity index (χ1v) is 11.7. The molecule has 0 saturated carbocycles. The van der Waals surface area contributed by atoms with E-state index in [1.54, 1.807) is 0 Å². The summed E-state index contributed by atoms with van der Waals surface area (Å²) >= 11 is 6.13. The first-order chi connectivity index (χ1) is 14.3. The van der Waals surface area contributed by atoms with Crippen LogP contribution in [0.2, 0.25) is 5.02 Å². The van der Waals surface area contributed by atoms with Gasteiger partial charge in [-0.25, -0.2) is 8.42 Å². The molecule has 1 atom stereocenters. The van der Waals surface area contributed by atoms with Gasteiger partial charge >= 0.3 is 0 Å². The number of amides is 2. The van der Waals surface area contributed by atoms with Gasteiger partial charge in [-0.05, 0) is 36.5 Å². The van der Waals surface area contributed by atoms with Crippen LogP contribution < -0.4 is 15.4 Å². The normalized spacial score (nSPS) is 17.9. The van der Waals surface area contributed by atoms with Crippen LogP contribution in [0, 0.1) is 0 Å². The Bertz CT molecular complexity index is 1120. The molecular formula is C21H21ClN2O5S. The van der Waals surface area contributed by atoms with Crippen molar-refractivity contribution in [1.82, 2.24) is 5.32 Å². The first kappa shape index (κ1) is 20.7. The van der Waals surface area contributed by atoms with Crippen LogP contribution in [0.1, 0.15) is 36.4 Å². The van der Waals surface area contributed by atoms with Crippen LogP contribution in [-0.2, 0) is 25.8 Å². The van der Waals surface area contributed by atoms with Crippen molar-refractivity contribution in [3.63, 3.8) is 0 Å². The standard InChI is InChI=1S/C21H21ClN2O5S/c22-15-10-17-18(29-12-21(26)24-17)11-19(15)30(27,28)9-8-20(25)23-16-7-3-5-13-4-1-2-6-14(13)16/h1-2,4,6,10-11,16H,3,5,7-9,12H2,(H,23,25)(H,24,26)/t16-/m1/s1. The van der Waals surface area contributed by atoms with Gasteiger partial charge in [0.2, 0.25) is 5.91 Å². The highest BCUT2D eigenvalue weighted by molar-refractivity contribution is 7.91. The number of benzene rings is 2. The maximum absolute atomic E-state index is 12.8. The van der Waals surface area contributed by atoms with E-state index >= 15 is 0 Å². The molecule has 1 aliphatic heterocycles. The molecule has 30 heavy (non-hydrogen) atoms. The van der Waals surface area contributed by atoms with E-state index < -0.39 is 9.84 Å².